The van der Waals surface area contributed by atoms with E-state index in [-0.39, 0.29) is 25.2 Å². The maximum Gasteiger partial charge on any atom is 0.416 e. The Bertz CT molecular complexity index is 1340. The maximum absolute atomic E-state index is 13.3. The lowest BCUT2D eigenvalue weighted by molar-refractivity contribution is -0.137. The number of nitrogens with two attached hydrogens (primary N) is 1. The first kappa shape index (κ1) is 31.8. The predicted octanol–water partition coefficient (Wildman–Crippen LogP) is 3.62. The number of aromatic nitrogens is 1. The second-order valence-electron chi connectivity index (χ2n) is 9.33. The largest absolute Gasteiger partial charge is 0.416 e. The van der Waals surface area contributed by atoms with Crippen molar-refractivity contribution in [2.24, 2.45) is 5.73 Å². The molecule has 0 aliphatic heterocycles. The SMILES string of the molecule is CCN(CCN)C(=O)CCC(NCl)C(=O)NC(Cc1ccc(C(F)(F)F)cc1)C(=O)Nc1cnc2ccccc2c1. The molecule has 2 aromatic carbocycles. The van der Waals surface area contributed by atoms with Gasteiger partial charge in [-0.1, -0.05) is 30.3 Å². The number of nitrogens with one attached hydrogen (secondary N) is 3. The molecule has 0 aliphatic carbocycles. The number of para-hydroxylation sites is 1. The molecule has 0 bridgehead atoms. The highest BCUT2D eigenvalue weighted by molar-refractivity contribution is 6.15. The number of carbonyl (C=O) groups excluding carboxylic acids is 3. The normalized spacial score (nSPS) is 12.9. The van der Waals surface area contributed by atoms with Gasteiger partial charge in [0.2, 0.25) is 17.7 Å². The van der Waals surface area contributed by atoms with Crippen molar-refractivity contribution in [3.63, 3.8) is 0 Å². The van der Waals surface area contributed by atoms with Gasteiger partial charge in [-0.3, -0.25) is 19.4 Å². The fraction of sp³-hybridized carbons (Fsp3) is 0.357. The molecule has 2 unspecified atom stereocenters. The van der Waals surface area contributed by atoms with Gasteiger partial charge >= 0.3 is 6.18 Å². The number of pyridine rings is 1. The first-order valence-electron chi connectivity index (χ1n) is 13.0. The van der Waals surface area contributed by atoms with E-state index >= 15 is 0 Å². The third-order valence-corrected chi connectivity index (χ3v) is 6.70. The van der Waals surface area contributed by atoms with Crippen LogP contribution in [0.3, 0.4) is 0 Å². The molecule has 0 spiro atoms. The number of hydrogen-bond acceptors (Lipinski definition) is 6. The number of alkyl halides is 3. The lowest BCUT2D eigenvalue weighted by atomic mass is 10.0. The van der Waals surface area contributed by atoms with Crippen LogP contribution in [0.1, 0.15) is 30.9 Å². The molecule has 3 aromatic rings. The van der Waals surface area contributed by atoms with Crippen LogP contribution in [0.15, 0.2) is 60.8 Å². The zero-order valence-corrected chi connectivity index (χ0v) is 23.1. The lowest BCUT2D eigenvalue weighted by Crippen LogP contribution is -2.51. The molecule has 0 saturated carbocycles. The molecule has 0 saturated heterocycles. The van der Waals surface area contributed by atoms with E-state index in [0.29, 0.717) is 30.9 Å². The molecule has 1 aromatic heterocycles. The van der Waals surface area contributed by atoms with Crippen LogP contribution in [-0.2, 0) is 27.0 Å². The van der Waals surface area contributed by atoms with Crippen LogP contribution < -0.4 is 21.2 Å². The highest BCUT2D eigenvalue weighted by Gasteiger charge is 2.31. The summed E-state index contributed by atoms with van der Waals surface area (Å²) in [6.45, 7) is 2.94. The lowest BCUT2D eigenvalue weighted by Gasteiger charge is -2.23. The second-order valence-corrected chi connectivity index (χ2v) is 9.55. The van der Waals surface area contributed by atoms with Crippen LogP contribution in [0.4, 0.5) is 18.9 Å². The smallest absolute Gasteiger partial charge is 0.343 e. The van der Waals surface area contributed by atoms with E-state index in [1.807, 2.05) is 31.2 Å². The predicted molar refractivity (Wildman–Crippen MR) is 151 cm³/mol. The average Bonchev–Trinajstić information content (AvgIpc) is 2.95. The molecule has 0 radical (unpaired) electrons. The van der Waals surface area contributed by atoms with Crippen molar-refractivity contribution in [3.8, 4) is 0 Å². The Morgan fingerprint density at radius 1 is 1.05 bits per heavy atom. The standard InChI is InChI=1S/C28H32ClF3N6O3/c1-2-38(14-13-33)25(39)12-11-23(37-29)26(40)36-24(15-18-7-9-20(10-8-18)28(30,31)32)27(41)35-21-16-19-5-3-4-6-22(19)34-17-21/h3-10,16-17,23-24,37H,2,11-15,33H2,1H3,(H,35,41)(H,36,40). The molecule has 1 heterocycles. The molecule has 2 atom stereocenters. The van der Waals surface area contributed by atoms with Crippen molar-refractivity contribution >= 4 is 46.1 Å². The summed E-state index contributed by atoms with van der Waals surface area (Å²) in [4.78, 5) is 47.2. The van der Waals surface area contributed by atoms with Gasteiger partial charge in [-0.2, -0.15) is 13.2 Å². The number of hydrogen-bond donors (Lipinski definition) is 4. The van der Waals surface area contributed by atoms with Gasteiger partial charge in [0, 0.05) is 37.9 Å². The van der Waals surface area contributed by atoms with E-state index in [4.69, 9.17) is 17.5 Å². The number of fused-ring (bicyclic) bond motifs is 1. The summed E-state index contributed by atoms with van der Waals surface area (Å²) in [5.74, 6) is -1.47. The van der Waals surface area contributed by atoms with Gasteiger partial charge in [-0.15, -0.1) is 0 Å². The van der Waals surface area contributed by atoms with Crippen molar-refractivity contribution in [3.05, 3.63) is 71.9 Å². The quantitative estimate of drug-likeness (QED) is 0.224. The fourth-order valence-corrected chi connectivity index (χ4v) is 4.40. The average molecular weight is 593 g/mol. The van der Waals surface area contributed by atoms with E-state index in [1.54, 1.807) is 11.0 Å². The van der Waals surface area contributed by atoms with Crippen molar-refractivity contribution < 1.29 is 27.6 Å². The Labute approximate surface area is 240 Å². The summed E-state index contributed by atoms with van der Waals surface area (Å²) < 4.78 is 39.1. The number of halogens is 4. The van der Waals surface area contributed by atoms with Gasteiger partial charge in [0.05, 0.1) is 23.0 Å². The molecular weight excluding hydrogens is 561 g/mol. The maximum atomic E-state index is 13.3. The summed E-state index contributed by atoms with van der Waals surface area (Å²) in [6, 6.07) is 11.1. The minimum Gasteiger partial charge on any atom is -0.343 e. The third kappa shape index (κ3) is 9.13. The van der Waals surface area contributed by atoms with Crippen LogP contribution in [0, 0.1) is 0 Å². The van der Waals surface area contributed by atoms with Gasteiger partial charge in [-0.25, -0.2) is 4.84 Å². The molecule has 41 heavy (non-hydrogen) atoms. The number of carbonyl (C=O) groups is 3. The topological polar surface area (TPSA) is 129 Å². The Morgan fingerprint density at radius 3 is 2.39 bits per heavy atom. The zero-order valence-electron chi connectivity index (χ0n) is 22.4. The van der Waals surface area contributed by atoms with E-state index in [2.05, 4.69) is 20.5 Å². The van der Waals surface area contributed by atoms with Crippen LogP contribution in [0.5, 0.6) is 0 Å². The zero-order chi connectivity index (χ0) is 30.0. The minimum absolute atomic E-state index is 0.00414. The molecule has 220 valence electrons. The number of benzene rings is 2. The number of anilines is 1. The third-order valence-electron chi connectivity index (χ3n) is 6.44. The Kier molecular flexibility index (Phi) is 11.4. The van der Waals surface area contributed by atoms with Gasteiger partial charge in [0.1, 0.15) is 12.1 Å². The summed E-state index contributed by atoms with van der Waals surface area (Å²) in [5, 5.41) is 6.12. The molecule has 0 aliphatic rings. The molecular formula is C28H32ClF3N6O3. The van der Waals surface area contributed by atoms with Crippen LogP contribution in [0.25, 0.3) is 10.9 Å². The minimum atomic E-state index is -4.51. The fourth-order valence-electron chi connectivity index (χ4n) is 4.19. The van der Waals surface area contributed by atoms with E-state index in [0.717, 1.165) is 23.0 Å². The molecule has 0 fully saturated rings. The van der Waals surface area contributed by atoms with Gasteiger partial charge in [0.15, 0.2) is 0 Å². The number of nitrogens with zero attached hydrogens (tertiary/aromatic N) is 2. The molecule has 13 heteroatoms. The highest BCUT2D eigenvalue weighted by atomic mass is 35.5. The van der Waals surface area contributed by atoms with E-state index in [1.165, 1.54) is 18.3 Å². The van der Waals surface area contributed by atoms with Crippen molar-refractivity contribution in [2.45, 2.75) is 44.4 Å². The van der Waals surface area contributed by atoms with E-state index < -0.39 is 35.6 Å². The van der Waals surface area contributed by atoms with Gasteiger partial charge in [0.25, 0.3) is 0 Å². The Morgan fingerprint density at radius 2 is 1.76 bits per heavy atom. The first-order chi connectivity index (χ1) is 19.5. The van der Waals surface area contributed by atoms with Crippen molar-refractivity contribution in [2.75, 3.05) is 25.0 Å². The highest BCUT2D eigenvalue weighted by Crippen LogP contribution is 2.29. The van der Waals surface area contributed by atoms with Crippen molar-refractivity contribution in [1.29, 1.82) is 0 Å². The first-order valence-corrected chi connectivity index (χ1v) is 13.4. The summed E-state index contributed by atoms with van der Waals surface area (Å²) in [5.41, 5.74) is 6.19. The van der Waals surface area contributed by atoms with Crippen LogP contribution in [0.2, 0.25) is 0 Å². The number of amides is 3. The number of likely N-dealkylation sites (N-methyl/N-ethyl adjacent to an activating group) is 1. The molecule has 9 nitrogen and oxygen atoms in total. The van der Waals surface area contributed by atoms with Gasteiger partial charge in [-0.05, 0) is 55.0 Å². The summed E-state index contributed by atoms with van der Waals surface area (Å²) >= 11 is 5.82. The van der Waals surface area contributed by atoms with Gasteiger partial charge < -0.3 is 21.3 Å². The Hall–Kier alpha value is -3.74. The molecule has 3 amide bonds. The Balaban J connectivity index is 1.77. The summed E-state index contributed by atoms with van der Waals surface area (Å²) in [6.07, 6.45) is -3.11. The van der Waals surface area contributed by atoms with Crippen molar-refractivity contribution in [1.82, 2.24) is 20.0 Å². The second kappa shape index (κ2) is 14.8. The van der Waals surface area contributed by atoms with E-state index in [9.17, 15) is 27.6 Å². The molecule has 5 N–H and O–H groups in total. The van der Waals surface area contributed by atoms with Crippen LogP contribution in [-0.4, -0.2) is 59.3 Å². The monoisotopic (exact) mass is 592 g/mol. The number of rotatable bonds is 13. The molecule has 3 rings (SSSR count). The summed E-state index contributed by atoms with van der Waals surface area (Å²) in [7, 11) is 0. The van der Waals surface area contributed by atoms with Crippen LogP contribution >= 0.6 is 11.8 Å².